The van der Waals surface area contributed by atoms with Crippen LogP contribution in [0.5, 0.6) is 0 Å². The van der Waals surface area contributed by atoms with E-state index in [2.05, 4.69) is 0 Å². The highest BCUT2D eigenvalue weighted by molar-refractivity contribution is 7.99. The Bertz CT molecular complexity index is 2360. The number of carbonyl (C=O) groups is 2. The van der Waals surface area contributed by atoms with E-state index in [9.17, 15) is 9.59 Å². The molecular formula is C52H48O11S. The van der Waals surface area contributed by atoms with Gasteiger partial charge < -0.3 is 42.6 Å². The summed E-state index contributed by atoms with van der Waals surface area (Å²) in [6, 6.07) is 56.3. The standard InChI is InChI=1S/C52H48O11S/c53-48(37-23-11-3-12-24-37)61-44-42(34-58-52(64-40-29-17-6-18-30-40)47(44)62-49(54)38-25-13-4-14-26-38)60-51-46(56-32-36-21-9-2-10-22-36)45(55-31-35-19-7-1-8-20-35)43-41(59-51)33-57-50(63-43)39-27-15-5-16-28-39/h1-30,41-47,50-52H,31-34H2/t41-,42-,43-,44+,45+,46+,47-,50-,51+,52+/m1/s1. The Hall–Kier alpha value is -5.67. The lowest BCUT2D eigenvalue weighted by atomic mass is 9.96. The second-order valence-corrected chi connectivity index (χ2v) is 16.7. The Morgan fingerprint density at radius 1 is 0.516 bits per heavy atom. The summed E-state index contributed by atoms with van der Waals surface area (Å²) in [5.74, 6) is -1.24. The summed E-state index contributed by atoms with van der Waals surface area (Å²) in [6.45, 7) is 0.527. The lowest BCUT2D eigenvalue weighted by molar-refractivity contribution is -0.383. The van der Waals surface area contributed by atoms with Gasteiger partial charge in [0.1, 0.15) is 36.0 Å². The van der Waals surface area contributed by atoms with Crippen LogP contribution in [0.15, 0.2) is 187 Å². The first-order valence-corrected chi connectivity index (χ1v) is 22.2. The van der Waals surface area contributed by atoms with E-state index < -0.39 is 72.7 Å². The van der Waals surface area contributed by atoms with Crippen molar-refractivity contribution >= 4 is 23.7 Å². The van der Waals surface area contributed by atoms with Gasteiger partial charge in [0, 0.05) is 10.5 Å². The number of rotatable bonds is 15. The number of esters is 2. The van der Waals surface area contributed by atoms with Crippen LogP contribution in [0.2, 0.25) is 0 Å². The number of ether oxygens (including phenoxy) is 9. The van der Waals surface area contributed by atoms with Crippen LogP contribution in [0, 0.1) is 0 Å². The topological polar surface area (TPSA) is 117 Å². The second-order valence-electron chi connectivity index (χ2n) is 15.5. The predicted octanol–water partition coefficient (Wildman–Crippen LogP) is 8.98. The van der Waals surface area contributed by atoms with E-state index >= 15 is 0 Å². The van der Waals surface area contributed by atoms with Crippen molar-refractivity contribution < 1.29 is 52.2 Å². The first-order valence-electron chi connectivity index (χ1n) is 21.3. The Balaban J connectivity index is 1.07. The minimum absolute atomic E-state index is 0.0609. The molecule has 9 rings (SSSR count). The van der Waals surface area contributed by atoms with Gasteiger partial charge in [0.2, 0.25) is 0 Å². The molecule has 0 unspecified atom stereocenters. The molecule has 0 radical (unpaired) electrons. The minimum Gasteiger partial charge on any atom is -0.452 e. The number of benzene rings is 6. The largest absolute Gasteiger partial charge is 0.452 e. The fourth-order valence-corrected chi connectivity index (χ4v) is 8.97. The number of thioether (sulfide) groups is 1. The van der Waals surface area contributed by atoms with Crippen LogP contribution in [0.1, 0.15) is 43.7 Å². The van der Waals surface area contributed by atoms with Gasteiger partial charge in [-0.15, -0.1) is 0 Å². The van der Waals surface area contributed by atoms with Gasteiger partial charge in [-0.05, 0) is 47.5 Å². The molecule has 11 nitrogen and oxygen atoms in total. The molecule has 3 heterocycles. The SMILES string of the molecule is O=C(O[C@@H]1[C@@H](OC(=O)c2ccccc2)[C@H](Sc2ccccc2)OC[C@H]1O[C@@H]1O[C@@H]2CO[C@@H](c3ccccc3)O[C@H]2[C@H](OCc2ccccc2)[C@@H]1OCc1ccccc1)c1ccccc1. The molecule has 10 atom stereocenters. The van der Waals surface area contributed by atoms with E-state index in [0.717, 1.165) is 21.6 Å². The van der Waals surface area contributed by atoms with Crippen molar-refractivity contribution in [3.05, 3.63) is 210 Å². The molecule has 0 N–H and O–H groups in total. The molecule has 0 aromatic heterocycles. The van der Waals surface area contributed by atoms with Crippen molar-refractivity contribution in [3.8, 4) is 0 Å². The van der Waals surface area contributed by atoms with E-state index in [1.807, 2.05) is 133 Å². The molecule has 12 heteroatoms. The summed E-state index contributed by atoms with van der Waals surface area (Å²) >= 11 is 1.35. The van der Waals surface area contributed by atoms with Crippen LogP contribution < -0.4 is 0 Å². The highest BCUT2D eigenvalue weighted by Gasteiger charge is 2.55. The Labute approximate surface area is 376 Å². The average Bonchev–Trinajstić information content (AvgIpc) is 3.36. The maximum absolute atomic E-state index is 14.1. The number of hydrogen-bond donors (Lipinski definition) is 0. The van der Waals surface area contributed by atoms with Gasteiger partial charge in [0.25, 0.3) is 0 Å². The van der Waals surface area contributed by atoms with Crippen molar-refractivity contribution in [2.24, 2.45) is 0 Å². The maximum Gasteiger partial charge on any atom is 0.338 e. The third kappa shape index (κ3) is 10.8. The minimum atomic E-state index is -1.18. The summed E-state index contributed by atoms with van der Waals surface area (Å²) in [4.78, 5) is 28.9. The highest BCUT2D eigenvalue weighted by atomic mass is 32.2. The third-order valence-electron chi connectivity index (χ3n) is 11.1. The number of hydrogen-bond acceptors (Lipinski definition) is 12. The monoisotopic (exact) mass is 880 g/mol. The van der Waals surface area contributed by atoms with Crippen LogP contribution in [0.25, 0.3) is 0 Å². The second kappa shape index (κ2) is 21.3. The van der Waals surface area contributed by atoms with Crippen molar-refractivity contribution in [3.63, 3.8) is 0 Å². The quantitative estimate of drug-likeness (QED) is 0.0917. The molecule has 3 fully saturated rings. The van der Waals surface area contributed by atoms with Gasteiger partial charge in [-0.3, -0.25) is 0 Å². The zero-order valence-corrected chi connectivity index (χ0v) is 35.6. The van der Waals surface area contributed by atoms with Crippen LogP contribution in [-0.4, -0.2) is 79.6 Å². The van der Waals surface area contributed by atoms with Crippen LogP contribution in [0.4, 0.5) is 0 Å². The van der Waals surface area contributed by atoms with E-state index in [4.69, 9.17) is 42.6 Å². The summed E-state index contributed by atoms with van der Waals surface area (Å²) in [5.41, 5.74) is 2.56. The lowest BCUT2D eigenvalue weighted by Crippen LogP contribution is -2.65. The molecular weight excluding hydrogens is 833 g/mol. The molecule has 0 bridgehead atoms. The molecule has 3 aliphatic heterocycles. The number of fused-ring (bicyclic) bond motifs is 1. The van der Waals surface area contributed by atoms with E-state index in [-0.39, 0.29) is 26.4 Å². The molecule has 0 aliphatic carbocycles. The third-order valence-corrected chi connectivity index (χ3v) is 12.3. The summed E-state index contributed by atoms with van der Waals surface area (Å²) in [7, 11) is 0. The van der Waals surface area contributed by atoms with Crippen LogP contribution in [-0.2, 0) is 55.8 Å². The van der Waals surface area contributed by atoms with E-state index in [1.54, 1.807) is 48.5 Å². The van der Waals surface area contributed by atoms with Gasteiger partial charge >= 0.3 is 11.9 Å². The maximum atomic E-state index is 14.1. The summed E-state index contributed by atoms with van der Waals surface area (Å²) < 4.78 is 59.8. The zero-order valence-electron chi connectivity index (χ0n) is 34.8. The van der Waals surface area contributed by atoms with Gasteiger partial charge in [-0.25, -0.2) is 9.59 Å². The first kappa shape index (κ1) is 43.6. The molecule has 3 saturated heterocycles. The fourth-order valence-electron chi connectivity index (χ4n) is 7.90. The molecule has 0 saturated carbocycles. The average molecular weight is 881 g/mol. The Morgan fingerprint density at radius 2 is 1.02 bits per heavy atom. The fraction of sp³-hybridized carbons (Fsp3) is 0.269. The zero-order chi connectivity index (χ0) is 43.5. The van der Waals surface area contributed by atoms with Gasteiger partial charge in [-0.2, -0.15) is 0 Å². The molecule has 328 valence electrons. The highest BCUT2D eigenvalue weighted by Crippen LogP contribution is 2.40. The molecule has 0 amide bonds. The van der Waals surface area contributed by atoms with Crippen LogP contribution in [0.3, 0.4) is 0 Å². The van der Waals surface area contributed by atoms with Gasteiger partial charge in [-0.1, -0.05) is 157 Å². The van der Waals surface area contributed by atoms with E-state index in [0.29, 0.717) is 11.1 Å². The lowest BCUT2D eigenvalue weighted by Gasteiger charge is -2.50. The van der Waals surface area contributed by atoms with Crippen molar-refractivity contribution in [1.29, 1.82) is 0 Å². The first-order chi connectivity index (χ1) is 31.6. The molecule has 0 spiro atoms. The number of carbonyl (C=O) groups excluding carboxylic acids is 2. The van der Waals surface area contributed by atoms with Crippen molar-refractivity contribution in [2.75, 3.05) is 13.2 Å². The Kier molecular flexibility index (Phi) is 14.5. The molecule has 3 aliphatic rings. The van der Waals surface area contributed by atoms with Gasteiger partial charge in [0.15, 0.2) is 24.8 Å². The smallest absolute Gasteiger partial charge is 0.338 e. The predicted molar refractivity (Wildman–Crippen MR) is 237 cm³/mol. The van der Waals surface area contributed by atoms with Gasteiger partial charge in [0.05, 0.1) is 37.6 Å². The molecule has 6 aromatic carbocycles. The summed E-state index contributed by atoms with van der Waals surface area (Å²) in [6.07, 6.45) is -8.14. The van der Waals surface area contributed by atoms with E-state index in [1.165, 1.54) is 11.8 Å². The van der Waals surface area contributed by atoms with Crippen LogP contribution >= 0.6 is 11.8 Å². The molecule has 6 aromatic rings. The molecule has 64 heavy (non-hydrogen) atoms. The Morgan fingerprint density at radius 3 is 1.59 bits per heavy atom. The van der Waals surface area contributed by atoms with Crippen molar-refractivity contribution in [1.82, 2.24) is 0 Å². The summed E-state index contributed by atoms with van der Waals surface area (Å²) in [5, 5.41) is 0. The normalized spacial score (nSPS) is 26.6. The van der Waals surface area contributed by atoms with Crippen molar-refractivity contribution in [2.45, 2.75) is 78.9 Å².